The van der Waals surface area contributed by atoms with Gasteiger partial charge in [-0.05, 0) is 19.1 Å². The van der Waals surface area contributed by atoms with Crippen molar-refractivity contribution in [3.63, 3.8) is 0 Å². The van der Waals surface area contributed by atoms with E-state index in [1.54, 1.807) is 18.7 Å². The first-order valence-corrected chi connectivity index (χ1v) is 8.48. The SMILES string of the molecule is Cc1[nH]nc(S(=O)(=O)N2CCCSCC2)c1CN. The van der Waals surface area contributed by atoms with Gasteiger partial charge >= 0.3 is 0 Å². The molecule has 1 fully saturated rings. The van der Waals surface area contributed by atoms with Crippen molar-refractivity contribution in [2.75, 3.05) is 24.6 Å². The second kappa shape index (κ2) is 5.60. The van der Waals surface area contributed by atoms with Gasteiger partial charge in [-0.1, -0.05) is 0 Å². The molecule has 1 aromatic heterocycles. The third-order valence-corrected chi connectivity index (χ3v) is 5.93. The maximum atomic E-state index is 12.5. The van der Waals surface area contributed by atoms with Crippen LogP contribution in [0, 0.1) is 6.92 Å². The molecule has 1 aliphatic rings. The molecule has 0 aromatic carbocycles. The van der Waals surface area contributed by atoms with Crippen LogP contribution in [0.3, 0.4) is 0 Å². The van der Waals surface area contributed by atoms with E-state index in [0.717, 1.165) is 23.6 Å². The molecule has 0 atom stereocenters. The Morgan fingerprint density at radius 3 is 2.94 bits per heavy atom. The van der Waals surface area contributed by atoms with Crippen molar-refractivity contribution in [3.8, 4) is 0 Å². The first-order valence-electron chi connectivity index (χ1n) is 5.89. The van der Waals surface area contributed by atoms with Crippen LogP contribution in [-0.4, -0.2) is 47.5 Å². The summed E-state index contributed by atoms with van der Waals surface area (Å²) in [5, 5.41) is 6.72. The van der Waals surface area contributed by atoms with Gasteiger partial charge in [0.25, 0.3) is 10.0 Å². The summed E-state index contributed by atoms with van der Waals surface area (Å²) >= 11 is 1.79. The zero-order valence-corrected chi connectivity index (χ0v) is 12.0. The van der Waals surface area contributed by atoms with Gasteiger partial charge < -0.3 is 5.73 Å². The minimum Gasteiger partial charge on any atom is -0.326 e. The van der Waals surface area contributed by atoms with Crippen LogP contribution in [0.15, 0.2) is 5.03 Å². The molecule has 3 N–H and O–H groups in total. The van der Waals surface area contributed by atoms with E-state index in [0.29, 0.717) is 18.7 Å². The van der Waals surface area contributed by atoms with Crippen molar-refractivity contribution >= 4 is 21.8 Å². The van der Waals surface area contributed by atoms with Crippen molar-refractivity contribution < 1.29 is 8.42 Å². The summed E-state index contributed by atoms with van der Waals surface area (Å²) in [6.07, 6.45) is 0.880. The molecule has 1 aromatic rings. The summed E-state index contributed by atoms with van der Waals surface area (Å²) in [4.78, 5) is 0. The fourth-order valence-electron chi connectivity index (χ4n) is 1.97. The lowest BCUT2D eigenvalue weighted by Crippen LogP contribution is -2.34. The summed E-state index contributed by atoms with van der Waals surface area (Å²) < 4.78 is 26.5. The highest BCUT2D eigenvalue weighted by atomic mass is 32.2. The van der Waals surface area contributed by atoms with Crippen LogP contribution < -0.4 is 5.73 Å². The topological polar surface area (TPSA) is 92.1 Å². The van der Waals surface area contributed by atoms with Crippen LogP contribution in [0.1, 0.15) is 17.7 Å². The molecular formula is C10H18N4O2S2. The molecule has 6 nitrogen and oxygen atoms in total. The van der Waals surface area contributed by atoms with Crippen molar-refractivity contribution in [2.24, 2.45) is 5.73 Å². The molecule has 0 aliphatic carbocycles. The number of aromatic amines is 1. The van der Waals surface area contributed by atoms with Gasteiger partial charge in [0.05, 0.1) is 0 Å². The highest BCUT2D eigenvalue weighted by Gasteiger charge is 2.30. The number of aryl methyl sites for hydroxylation is 1. The lowest BCUT2D eigenvalue weighted by atomic mass is 10.3. The normalized spacial score (nSPS) is 18.8. The van der Waals surface area contributed by atoms with Gasteiger partial charge in [0.15, 0.2) is 5.03 Å². The predicted octanol–water partition coefficient (Wildman–Crippen LogP) is 0.304. The first-order chi connectivity index (χ1) is 8.57. The van der Waals surface area contributed by atoms with E-state index in [9.17, 15) is 8.42 Å². The molecule has 0 unspecified atom stereocenters. The van der Waals surface area contributed by atoms with Crippen LogP contribution in [0.25, 0.3) is 0 Å². The highest BCUT2D eigenvalue weighted by Crippen LogP contribution is 2.22. The van der Waals surface area contributed by atoms with E-state index in [-0.39, 0.29) is 11.6 Å². The van der Waals surface area contributed by atoms with Gasteiger partial charge in [0.2, 0.25) is 0 Å². The lowest BCUT2D eigenvalue weighted by Gasteiger charge is -2.18. The largest absolute Gasteiger partial charge is 0.326 e. The molecule has 0 amide bonds. The second-order valence-electron chi connectivity index (χ2n) is 4.21. The maximum absolute atomic E-state index is 12.5. The van der Waals surface area contributed by atoms with Gasteiger partial charge in [0, 0.05) is 36.6 Å². The van der Waals surface area contributed by atoms with E-state index < -0.39 is 10.0 Å². The minimum atomic E-state index is -3.51. The Morgan fingerprint density at radius 2 is 2.22 bits per heavy atom. The standard InChI is InChI=1S/C10H18N4O2S2/c1-8-9(7-11)10(13-12-8)18(15,16)14-3-2-5-17-6-4-14/h2-7,11H2,1H3,(H,12,13). The Bertz CT molecular complexity index is 504. The number of thioether (sulfide) groups is 1. The van der Waals surface area contributed by atoms with Crippen molar-refractivity contribution in [1.29, 1.82) is 0 Å². The van der Waals surface area contributed by atoms with Crippen LogP contribution in [-0.2, 0) is 16.6 Å². The maximum Gasteiger partial charge on any atom is 0.262 e. The van der Waals surface area contributed by atoms with Crippen LogP contribution in [0.5, 0.6) is 0 Å². The van der Waals surface area contributed by atoms with Crippen LogP contribution >= 0.6 is 11.8 Å². The molecule has 0 saturated carbocycles. The van der Waals surface area contributed by atoms with Gasteiger partial charge in [-0.25, -0.2) is 8.42 Å². The Kier molecular flexibility index (Phi) is 4.31. The molecule has 0 radical (unpaired) electrons. The fraction of sp³-hybridized carbons (Fsp3) is 0.700. The number of hydrogen-bond acceptors (Lipinski definition) is 5. The highest BCUT2D eigenvalue weighted by molar-refractivity contribution is 7.99. The van der Waals surface area contributed by atoms with Gasteiger partial charge in [0.1, 0.15) is 0 Å². The fourth-order valence-corrected chi connectivity index (χ4v) is 4.63. The number of nitrogens with two attached hydrogens (primary N) is 1. The first kappa shape index (κ1) is 13.9. The summed E-state index contributed by atoms with van der Waals surface area (Å²) in [6, 6.07) is 0. The number of hydrogen-bond donors (Lipinski definition) is 2. The molecule has 1 aliphatic heterocycles. The Labute approximate surface area is 111 Å². The molecule has 1 saturated heterocycles. The van der Waals surface area contributed by atoms with Crippen LogP contribution in [0.4, 0.5) is 0 Å². The molecule has 2 heterocycles. The van der Waals surface area contributed by atoms with Gasteiger partial charge in [-0.3, -0.25) is 5.10 Å². The smallest absolute Gasteiger partial charge is 0.262 e. The Balaban J connectivity index is 2.34. The molecule has 102 valence electrons. The summed E-state index contributed by atoms with van der Waals surface area (Å²) in [5.41, 5.74) is 6.92. The van der Waals surface area contributed by atoms with E-state index in [2.05, 4.69) is 10.2 Å². The number of aromatic nitrogens is 2. The van der Waals surface area contributed by atoms with E-state index in [1.807, 2.05) is 0 Å². The zero-order valence-electron chi connectivity index (χ0n) is 10.3. The van der Waals surface area contributed by atoms with Crippen molar-refractivity contribution in [3.05, 3.63) is 11.3 Å². The number of rotatable bonds is 3. The number of nitrogens with zero attached hydrogens (tertiary/aromatic N) is 2. The van der Waals surface area contributed by atoms with Crippen molar-refractivity contribution in [1.82, 2.24) is 14.5 Å². The molecule has 8 heteroatoms. The Morgan fingerprint density at radius 1 is 1.44 bits per heavy atom. The second-order valence-corrected chi connectivity index (χ2v) is 7.28. The third-order valence-electron chi connectivity index (χ3n) is 3.01. The number of nitrogens with one attached hydrogen (secondary N) is 1. The average molecular weight is 290 g/mol. The molecule has 0 spiro atoms. The van der Waals surface area contributed by atoms with E-state index in [1.165, 1.54) is 4.31 Å². The zero-order chi connectivity index (χ0) is 13.2. The monoisotopic (exact) mass is 290 g/mol. The predicted molar refractivity (Wildman–Crippen MR) is 71.9 cm³/mol. The Hall–Kier alpha value is -0.570. The quantitative estimate of drug-likeness (QED) is 0.835. The van der Waals surface area contributed by atoms with Gasteiger partial charge in [-0.2, -0.15) is 21.2 Å². The van der Waals surface area contributed by atoms with Gasteiger partial charge in [-0.15, -0.1) is 0 Å². The summed E-state index contributed by atoms with van der Waals surface area (Å²) in [7, 11) is -3.51. The summed E-state index contributed by atoms with van der Waals surface area (Å²) in [6.45, 7) is 3.07. The number of sulfonamides is 1. The molecule has 18 heavy (non-hydrogen) atoms. The van der Waals surface area contributed by atoms with Crippen molar-refractivity contribution in [2.45, 2.75) is 24.9 Å². The third kappa shape index (κ3) is 2.56. The lowest BCUT2D eigenvalue weighted by molar-refractivity contribution is 0.432. The minimum absolute atomic E-state index is 0.0920. The van der Waals surface area contributed by atoms with E-state index in [4.69, 9.17) is 5.73 Å². The average Bonchev–Trinajstić information content (AvgIpc) is 2.56. The van der Waals surface area contributed by atoms with E-state index >= 15 is 0 Å². The van der Waals surface area contributed by atoms with Crippen LogP contribution in [0.2, 0.25) is 0 Å². The molecule has 0 bridgehead atoms. The molecular weight excluding hydrogens is 272 g/mol. The summed E-state index contributed by atoms with van der Waals surface area (Å²) in [5.74, 6) is 1.84. The molecule has 2 rings (SSSR count). The number of H-pyrrole nitrogens is 1.